The number of Topliss-reactive ketones (excluding diaryl/α,β-unsaturated/α-hetero) is 1. The molecule has 0 spiro atoms. The summed E-state index contributed by atoms with van der Waals surface area (Å²) < 4.78 is 29.8. The molecule has 0 bridgehead atoms. The van der Waals surface area contributed by atoms with Gasteiger partial charge in [0.05, 0.1) is 17.9 Å². The van der Waals surface area contributed by atoms with Gasteiger partial charge in [-0.25, -0.2) is 9.46 Å². The van der Waals surface area contributed by atoms with Crippen LogP contribution in [-0.2, 0) is 44.2 Å². The number of carbonyl (C=O) groups is 4. The number of anilines is 1. The van der Waals surface area contributed by atoms with Crippen molar-refractivity contribution in [2.24, 2.45) is 28.6 Å². The minimum Gasteiger partial charge on any atom is -0.393 e. The average molecular weight is 730 g/mol. The van der Waals surface area contributed by atoms with Crippen LogP contribution < -0.4 is 4.90 Å². The van der Waals surface area contributed by atoms with Crippen molar-refractivity contribution in [2.75, 3.05) is 11.5 Å². The van der Waals surface area contributed by atoms with Crippen LogP contribution in [0.4, 0.5) is 5.69 Å². The maximum atomic E-state index is 14.3. The molecule has 3 N–H and O–H groups in total. The molecule has 3 saturated carbocycles. The number of carbonyl (C=O) groups excluding carboxylic acids is 4. The van der Waals surface area contributed by atoms with Gasteiger partial charge in [-0.1, -0.05) is 61.9 Å². The lowest BCUT2D eigenvalue weighted by atomic mass is 9.46. The van der Waals surface area contributed by atoms with Crippen molar-refractivity contribution in [1.82, 2.24) is 0 Å². The molecule has 0 radical (unpaired) electrons. The summed E-state index contributed by atoms with van der Waals surface area (Å²) in [7, 11) is -4.99. The van der Waals surface area contributed by atoms with Crippen LogP contribution in [0.25, 0.3) is 0 Å². The van der Waals surface area contributed by atoms with Crippen molar-refractivity contribution in [1.29, 1.82) is 0 Å². The summed E-state index contributed by atoms with van der Waals surface area (Å²) in [4.78, 5) is 71.1. The number of ether oxygens (including phenoxy) is 2. The second kappa shape index (κ2) is 12.3. The highest BCUT2D eigenvalue weighted by atomic mass is 31.2. The van der Waals surface area contributed by atoms with Crippen molar-refractivity contribution in [3.8, 4) is 0 Å². The molecule has 2 aliphatic heterocycles. The number of nitrogens with zero attached hydrogens (tertiary/aromatic N) is 1. The van der Waals surface area contributed by atoms with Crippen molar-refractivity contribution in [2.45, 2.75) is 70.1 Å². The van der Waals surface area contributed by atoms with Gasteiger partial charge < -0.3 is 24.4 Å². The van der Waals surface area contributed by atoms with Gasteiger partial charge in [-0.05, 0) is 79.4 Å². The second-order valence-corrected chi connectivity index (χ2v) is 16.6. The lowest BCUT2D eigenvalue weighted by molar-refractivity contribution is -0.200. The Morgan fingerprint density at radius 2 is 1.75 bits per heavy atom. The molecule has 2 aromatic rings. The zero-order chi connectivity index (χ0) is 36.8. The molecule has 8 rings (SSSR count). The summed E-state index contributed by atoms with van der Waals surface area (Å²) >= 11 is 0. The number of imide groups is 1. The molecule has 2 heterocycles. The van der Waals surface area contributed by atoms with Crippen molar-refractivity contribution in [3.63, 3.8) is 0 Å². The highest BCUT2D eigenvalue weighted by molar-refractivity contribution is 7.46. The van der Waals surface area contributed by atoms with E-state index in [4.69, 9.17) is 14.0 Å². The van der Waals surface area contributed by atoms with Crippen LogP contribution in [0.5, 0.6) is 0 Å². The third-order valence-electron chi connectivity index (χ3n) is 12.7. The van der Waals surface area contributed by atoms with Gasteiger partial charge in [0.15, 0.2) is 23.5 Å². The fourth-order valence-electron chi connectivity index (χ4n) is 10.5. The lowest BCUT2D eigenvalue weighted by Crippen LogP contribution is -2.63. The highest BCUT2D eigenvalue weighted by Gasteiger charge is 2.76. The van der Waals surface area contributed by atoms with Crippen molar-refractivity contribution < 1.29 is 52.6 Å². The van der Waals surface area contributed by atoms with Gasteiger partial charge in [0.1, 0.15) is 6.61 Å². The fraction of sp³-hybridized carbons (Fsp3) is 0.436. The van der Waals surface area contributed by atoms with Crippen LogP contribution in [-0.4, -0.2) is 62.7 Å². The molecule has 0 aromatic heterocycles. The number of ketones is 2. The number of aliphatic hydroxyl groups is 1. The standard InChI is InChI=1S/C39H40NO11P/c1-37-15-14-27(41)18-25(37)10-11-28-29-19-32-39(31(43)21-49-52(46,47)48,38(29,2)20-30(42)35(28)37)51-36(50-32)24-8-6-22(7-9-24)16-23-4-3-5-26(17-23)40-33(44)12-13-34(40)45/h3-9,12-15,17-18,28-30,32,35-36,42H,10-11,16,19-21H2,1-2H3,(H2,46,47,48)/t28-,29-,30-,32+,35+,36+,37-,38-,39+/m0/s1. The zero-order valence-corrected chi connectivity index (χ0v) is 29.6. The molecule has 52 heavy (non-hydrogen) atoms. The number of benzene rings is 2. The predicted octanol–water partition coefficient (Wildman–Crippen LogP) is 4.43. The molecule has 4 fully saturated rings. The number of hydrogen-bond donors (Lipinski definition) is 3. The number of amides is 2. The Morgan fingerprint density at radius 3 is 2.46 bits per heavy atom. The molecule has 2 aromatic carbocycles. The van der Waals surface area contributed by atoms with Gasteiger partial charge in [-0.15, -0.1) is 0 Å². The zero-order valence-electron chi connectivity index (χ0n) is 28.7. The smallest absolute Gasteiger partial charge is 0.393 e. The Hall–Kier alpha value is -3.87. The summed E-state index contributed by atoms with van der Waals surface area (Å²) in [5.41, 5.74) is 0.803. The molecule has 4 aliphatic carbocycles. The van der Waals surface area contributed by atoms with E-state index in [1.54, 1.807) is 30.4 Å². The van der Waals surface area contributed by atoms with E-state index in [0.717, 1.165) is 21.6 Å². The molecular formula is C39H40NO11P. The Morgan fingerprint density at radius 1 is 1.02 bits per heavy atom. The van der Waals surface area contributed by atoms with E-state index in [-0.39, 0.29) is 30.0 Å². The number of fused-ring (bicyclic) bond motifs is 7. The van der Waals surface area contributed by atoms with Gasteiger partial charge >= 0.3 is 7.82 Å². The third-order valence-corrected chi connectivity index (χ3v) is 13.1. The van der Waals surface area contributed by atoms with Gasteiger partial charge in [0.25, 0.3) is 11.8 Å². The van der Waals surface area contributed by atoms with E-state index < -0.39 is 67.0 Å². The topological polar surface area (TPSA) is 177 Å². The summed E-state index contributed by atoms with van der Waals surface area (Å²) in [6.07, 6.45) is 7.54. The van der Waals surface area contributed by atoms with Gasteiger partial charge in [-0.3, -0.25) is 23.7 Å². The van der Waals surface area contributed by atoms with E-state index in [1.165, 1.54) is 12.2 Å². The SMILES string of the molecule is C[C@]12C=CC(=O)C=C1CC[C@@H]1[C@@H]2[C@@H](O)C[C@@]2(C)[C@H]1C[C@H]1O[C@@H](c3ccc(Cc4cccc(N5C(=O)C=CC5=O)c4)cc3)O[C@]12C(=O)COP(=O)(O)O. The molecule has 9 atom stereocenters. The number of rotatable bonds is 8. The van der Waals surface area contributed by atoms with Gasteiger partial charge in [-0.2, -0.15) is 0 Å². The second-order valence-electron chi connectivity index (χ2n) is 15.4. The fourth-order valence-corrected chi connectivity index (χ4v) is 10.7. The normalized spacial score (nSPS) is 36.4. The summed E-state index contributed by atoms with van der Waals surface area (Å²) in [6, 6.07) is 14.7. The number of hydrogen-bond acceptors (Lipinski definition) is 9. The minimum atomic E-state index is -4.99. The first-order valence-electron chi connectivity index (χ1n) is 17.6. The van der Waals surface area contributed by atoms with E-state index in [1.807, 2.05) is 43.3 Å². The van der Waals surface area contributed by atoms with Crippen LogP contribution in [0.1, 0.15) is 62.5 Å². The van der Waals surface area contributed by atoms with Gasteiger partial charge in [0, 0.05) is 34.5 Å². The molecular weight excluding hydrogens is 689 g/mol. The largest absolute Gasteiger partial charge is 0.470 e. The van der Waals surface area contributed by atoms with E-state index in [0.29, 0.717) is 36.9 Å². The molecule has 13 heteroatoms. The number of allylic oxidation sites excluding steroid dienone is 4. The number of phosphoric acid groups is 1. The van der Waals surface area contributed by atoms with Crippen LogP contribution in [0, 0.1) is 28.6 Å². The summed E-state index contributed by atoms with van der Waals surface area (Å²) in [5, 5.41) is 12.0. The molecule has 12 nitrogen and oxygen atoms in total. The third kappa shape index (κ3) is 5.46. The first-order valence-corrected chi connectivity index (χ1v) is 19.1. The van der Waals surface area contributed by atoms with E-state index >= 15 is 0 Å². The number of phosphoric ester groups is 1. The van der Waals surface area contributed by atoms with Crippen LogP contribution in [0.2, 0.25) is 0 Å². The van der Waals surface area contributed by atoms with E-state index in [2.05, 4.69) is 6.92 Å². The Balaban J connectivity index is 1.06. The summed E-state index contributed by atoms with van der Waals surface area (Å²) in [5.74, 6) is -1.86. The van der Waals surface area contributed by atoms with Crippen molar-refractivity contribution >= 4 is 36.9 Å². The maximum Gasteiger partial charge on any atom is 0.470 e. The van der Waals surface area contributed by atoms with Crippen molar-refractivity contribution in [3.05, 3.63) is 101 Å². The van der Waals surface area contributed by atoms with Crippen LogP contribution >= 0.6 is 7.82 Å². The average Bonchev–Trinajstić information content (AvgIpc) is 3.72. The minimum absolute atomic E-state index is 0.0341. The quantitative estimate of drug-likeness (QED) is 0.259. The Kier molecular flexibility index (Phi) is 8.35. The Bertz CT molecular complexity index is 2000. The summed E-state index contributed by atoms with van der Waals surface area (Å²) in [6.45, 7) is 3.09. The van der Waals surface area contributed by atoms with Crippen LogP contribution in [0.3, 0.4) is 0 Å². The lowest BCUT2D eigenvalue weighted by Gasteiger charge is -2.59. The number of aliphatic hydroxyl groups excluding tert-OH is 1. The molecule has 272 valence electrons. The predicted molar refractivity (Wildman–Crippen MR) is 185 cm³/mol. The molecule has 2 amide bonds. The maximum absolute atomic E-state index is 14.3. The monoisotopic (exact) mass is 729 g/mol. The van der Waals surface area contributed by atoms with E-state index in [9.17, 15) is 38.6 Å². The first kappa shape index (κ1) is 35.2. The molecule has 1 saturated heterocycles. The van der Waals surface area contributed by atoms with Gasteiger partial charge in [0.2, 0.25) is 0 Å². The molecule has 0 unspecified atom stereocenters. The highest BCUT2D eigenvalue weighted by Crippen LogP contribution is 2.70. The Labute approximate surface area is 300 Å². The molecule has 6 aliphatic rings. The first-order chi connectivity index (χ1) is 24.6. The van der Waals surface area contributed by atoms with Crippen LogP contribution in [0.15, 0.2) is 84.5 Å².